The van der Waals surface area contributed by atoms with Gasteiger partial charge in [-0.15, -0.1) is 0 Å². The molecule has 2 aliphatic heterocycles. The van der Waals surface area contributed by atoms with Crippen molar-refractivity contribution in [2.45, 2.75) is 25.2 Å². The molecule has 8 heteroatoms. The Kier molecular flexibility index (Phi) is 3.47. The molecule has 0 bridgehead atoms. The highest BCUT2D eigenvalue weighted by atomic mass is 19.4. The van der Waals surface area contributed by atoms with Gasteiger partial charge in [0.25, 0.3) is 0 Å². The van der Waals surface area contributed by atoms with Crippen molar-refractivity contribution in [3.8, 4) is 0 Å². The molecule has 1 aromatic rings. The SMILES string of the molecule is FC(F)(F)c1cc2c(c(C(F)(F)F)c1)N=C(CC1CNC1)C2. The highest BCUT2D eigenvalue weighted by Gasteiger charge is 2.41. The Labute approximate surface area is 122 Å². The van der Waals surface area contributed by atoms with Gasteiger partial charge >= 0.3 is 12.4 Å². The molecule has 0 amide bonds. The summed E-state index contributed by atoms with van der Waals surface area (Å²) >= 11 is 0. The summed E-state index contributed by atoms with van der Waals surface area (Å²) in [5, 5.41) is 3.04. The van der Waals surface area contributed by atoms with E-state index >= 15 is 0 Å². The Morgan fingerprint density at radius 1 is 1.05 bits per heavy atom. The minimum Gasteiger partial charge on any atom is -0.316 e. The monoisotopic (exact) mass is 322 g/mol. The second-order valence-corrected chi connectivity index (χ2v) is 5.61. The highest BCUT2D eigenvalue weighted by Crippen LogP contribution is 2.45. The predicted molar refractivity (Wildman–Crippen MR) is 68.2 cm³/mol. The molecule has 0 aromatic heterocycles. The van der Waals surface area contributed by atoms with Crippen molar-refractivity contribution >= 4 is 11.4 Å². The minimum absolute atomic E-state index is 0.00410. The number of nitrogens with one attached hydrogen (secondary N) is 1. The Morgan fingerprint density at radius 3 is 2.23 bits per heavy atom. The van der Waals surface area contributed by atoms with Crippen LogP contribution in [0, 0.1) is 5.92 Å². The van der Waals surface area contributed by atoms with Gasteiger partial charge in [0.2, 0.25) is 0 Å². The van der Waals surface area contributed by atoms with Gasteiger partial charge in [-0.3, -0.25) is 4.99 Å². The maximum atomic E-state index is 13.0. The first-order valence-corrected chi connectivity index (χ1v) is 6.73. The second-order valence-electron chi connectivity index (χ2n) is 5.61. The van der Waals surface area contributed by atoms with E-state index in [4.69, 9.17) is 0 Å². The first-order chi connectivity index (χ1) is 10.1. The van der Waals surface area contributed by atoms with Gasteiger partial charge in [-0.1, -0.05) is 0 Å². The summed E-state index contributed by atoms with van der Waals surface area (Å²) in [5.74, 6) is 0.296. The number of halogens is 6. The summed E-state index contributed by atoms with van der Waals surface area (Å²) < 4.78 is 77.4. The van der Waals surface area contributed by atoms with Crippen LogP contribution in [0.3, 0.4) is 0 Å². The average molecular weight is 322 g/mol. The molecule has 3 rings (SSSR count). The van der Waals surface area contributed by atoms with Crippen LogP contribution in [0.15, 0.2) is 17.1 Å². The zero-order chi connectivity index (χ0) is 16.1. The lowest BCUT2D eigenvalue weighted by molar-refractivity contribution is -0.142. The van der Waals surface area contributed by atoms with E-state index < -0.39 is 23.5 Å². The summed E-state index contributed by atoms with van der Waals surface area (Å²) in [7, 11) is 0. The number of fused-ring (bicyclic) bond motifs is 1. The average Bonchev–Trinajstić information content (AvgIpc) is 2.72. The van der Waals surface area contributed by atoms with E-state index in [1.807, 2.05) is 0 Å². The summed E-state index contributed by atoms with van der Waals surface area (Å²) in [6.07, 6.45) is -9.10. The molecular formula is C14H12F6N2. The Hall–Kier alpha value is -1.57. The predicted octanol–water partition coefficient (Wildman–Crippen LogP) is 3.96. The van der Waals surface area contributed by atoms with Crippen molar-refractivity contribution < 1.29 is 26.3 Å². The minimum atomic E-state index is -4.86. The summed E-state index contributed by atoms with van der Waals surface area (Å²) in [6, 6.07) is 0.927. The third kappa shape index (κ3) is 2.84. The maximum absolute atomic E-state index is 13.0. The largest absolute Gasteiger partial charge is 0.418 e. The van der Waals surface area contributed by atoms with Crippen LogP contribution < -0.4 is 5.32 Å². The van der Waals surface area contributed by atoms with E-state index in [0.717, 1.165) is 19.2 Å². The molecule has 2 aliphatic rings. The molecule has 2 heterocycles. The molecule has 0 saturated carbocycles. The van der Waals surface area contributed by atoms with Crippen molar-refractivity contribution in [1.82, 2.24) is 5.32 Å². The van der Waals surface area contributed by atoms with Crippen LogP contribution in [0.1, 0.15) is 23.1 Å². The van der Waals surface area contributed by atoms with E-state index in [9.17, 15) is 26.3 Å². The van der Waals surface area contributed by atoms with Crippen LogP contribution in [0.25, 0.3) is 0 Å². The molecule has 0 aliphatic carbocycles. The molecule has 0 atom stereocenters. The van der Waals surface area contributed by atoms with Crippen molar-refractivity contribution in [2.75, 3.05) is 13.1 Å². The molecule has 0 unspecified atom stereocenters. The van der Waals surface area contributed by atoms with Gasteiger partial charge in [0.05, 0.1) is 16.8 Å². The normalized spacial score (nSPS) is 18.9. The molecule has 0 radical (unpaired) electrons. The topological polar surface area (TPSA) is 24.4 Å². The van der Waals surface area contributed by atoms with Crippen LogP contribution in [-0.2, 0) is 18.8 Å². The van der Waals surface area contributed by atoms with Crippen molar-refractivity contribution in [3.05, 3.63) is 28.8 Å². The zero-order valence-electron chi connectivity index (χ0n) is 11.3. The van der Waals surface area contributed by atoms with Gasteiger partial charge < -0.3 is 5.32 Å². The standard InChI is InChI=1S/C14H12F6N2/c15-13(16,17)9-2-8-3-10(1-7-5-21-6-7)22-12(8)11(4-9)14(18,19)20/h2,4,7,21H,1,3,5-6H2. The molecule has 1 N–H and O–H groups in total. The Morgan fingerprint density at radius 2 is 1.73 bits per heavy atom. The number of nitrogens with zero attached hydrogens (tertiary/aromatic N) is 1. The fraction of sp³-hybridized carbons (Fsp3) is 0.500. The van der Waals surface area contributed by atoms with Crippen molar-refractivity contribution in [1.29, 1.82) is 0 Å². The van der Waals surface area contributed by atoms with E-state index in [0.29, 0.717) is 18.1 Å². The molecule has 1 fully saturated rings. The smallest absolute Gasteiger partial charge is 0.316 e. The fourth-order valence-corrected chi connectivity index (χ4v) is 2.70. The third-order valence-corrected chi connectivity index (χ3v) is 3.88. The number of rotatable bonds is 2. The molecule has 22 heavy (non-hydrogen) atoms. The number of hydrogen-bond donors (Lipinski definition) is 1. The van der Waals surface area contributed by atoms with Crippen LogP contribution in [0.2, 0.25) is 0 Å². The van der Waals surface area contributed by atoms with Crippen LogP contribution in [-0.4, -0.2) is 18.8 Å². The molecule has 120 valence electrons. The first-order valence-electron chi connectivity index (χ1n) is 6.73. The molecule has 0 spiro atoms. The lowest BCUT2D eigenvalue weighted by atomic mass is 9.94. The zero-order valence-corrected chi connectivity index (χ0v) is 11.3. The third-order valence-electron chi connectivity index (χ3n) is 3.88. The van der Waals surface area contributed by atoms with Gasteiger partial charge in [-0.25, -0.2) is 0 Å². The second kappa shape index (κ2) is 4.97. The molecule has 1 saturated heterocycles. The molecular weight excluding hydrogens is 310 g/mol. The lowest BCUT2D eigenvalue weighted by Crippen LogP contribution is -2.42. The molecule has 1 aromatic carbocycles. The number of benzene rings is 1. The summed E-state index contributed by atoms with van der Waals surface area (Å²) in [4.78, 5) is 3.96. The van der Waals surface area contributed by atoms with Gasteiger partial charge in [-0.2, -0.15) is 26.3 Å². The Bertz CT molecular complexity index is 625. The van der Waals surface area contributed by atoms with Crippen molar-refractivity contribution in [2.24, 2.45) is 10.9 Å². The quantitative estimate of drug-likeness (QED) is 0.819. The number of hydrogen-bond acceptors (Lipinski definition) is 2. The van der Waals surface area contributed by atoms with Crippen LogP contribution in [0.4, 0.5) is 32.0 Å². The summed E-state index contributed by atoms with van der Waals surface area (Å²) in [6.45, 7) is 1.52. The van der Waals surface area contributed by atoms with Gasteiger partial charge in [0.1, 0.15) is 0 Å². The lowest BCUT2D eigenvalue weighted by Gasteiger charge is -2.26. The Balaban J connectivity index is 1.99. The van der Waals surface area contributed by atoms with Gasteiger partial charge in [0.15, 0.2) is 0 Å². The number of aliphatic imine (C=N–C) groups is 1. The van der Waals surface area contributed by atoms with Crippen LogP contribution >= 0.6 is 0 Å². The van der Waals surface area contributed by atoms with E-state index in [-0.39, 0.29) is 23.7 Å². The van der Waals surface area contributed by atoms with E-state index in [1.54, 1.807) is 0 Å². The highest BCUT2D eigenvalue weighted by molar-refractivity contribution is 5.95. The van der Waals surface area contributed by atoms with Gasteiger partial charge in [0, 0.05) is 12.1 Å². The van der Waals surface area contributed by atoms with Gasteiger partial charge in [-0.05, 0) is 43.1 Å². The van der Waals surface area contributed by atoms with E-state index in [1.165, 1.54) is 0 Å². The van der Waals surface area contributed by atoms with Crippen LogP contribution in [0.5, 0.6) is 0 Å². The first kappa shape index (κ1) is 15.3. The maximum Gasteiger partial charge on any atom is 0.418 e. The fourth-order valence-electron chi connectivity index (χ4n) is 2.70. The number of alkyl halides is 6. The molecule has 2 nitrogen and oxygen atoms in total. The summed E-state index contributed by atoms with van der Waals surface area (Å²) in [5.41, 5.74) is -2.42. The van der Waals surface area contributed by atoms with E-state index in [2.05, 4.69) is 10.3 Å². The van der Waals surface area contributed by atoms with Crippen molar-refractivity contribution in [3.63, 3.8) is 0 Å².